The molecular weight excluding hydrogens is 416 g/mol. The minimum atomic E-state index is -2.28. The first-order chi connectivity index (χ1) is 17.1. The summed E-state index contributed by atoms with van der Waals surface area (Å²) in [7, 11) is 4.28. The van der Waals surface area contributed by atoms with Crippen molar-refractivity contribution in [3.63, 3.8) is 0 Å². The molecule has 4 rings (SSSR count). The van der Waals surface area contributed by atoms with Crippen molar-refractivity contribution in [1.29, 1.82) is 0 Å². The largest absolute Gasteiger partial charge is 0.459 e. The van der Waals surface area contributed by atoms with Gasteiger partial charge in [0.15, 0.2) is 11.5 Å². The number of fused-ring (bicyclic) bond motifs is 1. The normalized spacial score (nSPS) is 17.7. The first-order valence-electron chi connectivity index (χ1n) is 13.1. The van der Waals surface area contributed by atoms with Crippen molar-refractivity contribution in [1.82, 2.24) is 29.5 Å². The number of piperidine rings is 1. The molecule has 1 aliphatic rings. The summed E-state index contributed by atoms with van der Waals surface area (Å²) in [6, 6.07) is 2.70. The molecule has 1 aliphatic heterocycles. The van der Waals surface area contributed by atoms with E-state index in [1.165, 1.54) is 0 Å². The Balaban J connectivity index is 1.53. The van der Waals surface area contributed by atoms with E-state index in [-0.39, 0.29) is 11.8 Å². The van der Waals surface area contributed by atoms with Crippen LogP contribution in [0, 0.1) is 6.92 Å². The minimum absolute atomic E-state index is 0.0698. The third-order valence-electron chi connectivity index (χ3n) is 6.22. The van der Waals surface area contributed by atoms with Gasteiger partial charge in [-0.15, -0.1) is 5.10 Å². The first kappa shape index (κ1) is 19.5. The van der Waals surface area contributed by atoms with Gasteiger partial charge in [0.05, 0.1) is 18.0 Å². The lowest BCUT2D eigenvalue weighted by Crippen LogP contribution is -2.42. The van der Waals surface area contributed by atoms with Gasteiger partial charge < -0.3 is 20.3 Å². The Morgan fingerprint density at radius 1 is 1.27 bits per heavy atom. The summed E-state index contributed by atoms with van der Waals surface area (Å²) in [4.78, 5) is 18.0. The van der Waals surface area contributed by atoms with Crippen LogP contribution in [0.1, 0.15) is 60.4 Å². The number of nitrogen functional groups attached to an aromatic ring is 1. The molecular formula is C24H36N8O. The van der Waals surface area contributed by atoms with Gasteiger partial charge in [0.1, 0.15) is 5.82 Å². The molecule has 0 aliphatic carbocycles. The first-order valence-corrected chi connectivity index (χ1v) is 11.6. The van der Waals surface area contributed by atoms with Crippen molar-refractivity contribution >= 4 is 17.3 Å². The molecule has 1 saturated heterocycles. The number of pyridine rings is 1. The summed E-state index contributed by atoms with van der Waals surface area (Å²) in [6.45, 7) is 3.71. The van der Waals surface area contributed by atoms with Gasteiger partial charge in [-0.2, -0.15) is 4.98 Å². The van der Waals surface area contributed by atoms with E-state index in [0.29, 0.717) is 31.0 Å². The van der Waals surface area contributed by atoms with E-state index in [1.54, 1.807) is 10.7 Å². The second-order valence-corrected chi connectivity index (χ2v) is 9.00. The summed E-state index contributed by atoms with van der Waals surface area (Å²) in [5.41, 5.74) is 9.44. The van der Waals surface area contributed by atoms with E-state index in [1.807, 2.05) is 13.1 Å². The molecule has 0 saturated carbocycles. The molecule has 1 fully saturated rings. The zero-order valence-corrected chi connectivity index (χ0v) is 20.0. The monoisotopic (exact) mass is 455 g/mol. The Labute approximate surface area is 200 Å². The van der Waals surface area contributed by atoms with Crippen LogP contribution in [0.3, 0.4) is 0 Å². The molecule has 3 aromatic heterocycles. The number of imidazole rings is 1. The zero-order valence-electron chi connectivity index (χ0n) is 23.0. The van der Waals surface area contributed by atoms with E-state index < -0.39 is 13.0 Å². The van der Waals surface area contributed by atoms with Gasteiger partial charge in [-0.1, -0.05) is 19.4 Å². The van der Waals surface area contributed by atoms with Crippen LogP contribution in [0.15, 0.2) is 18.5 Å². The number of nitrogens with zero attached hydrogens (tertiary/aromatic N) is 7. The number of hydrogen-bond donors (Lipinski definition) is 1. The molecule has 1 atom stereocenters. The average molecular weight is 456 g/mol. The van der Waals surface area contributed by atoms with Crippen LogP contribution in [0.25, 0.3) is 5.65 Å². The molecule has 2 N–H and O–H groups in total. The summed E-state index contributed by atoms with van der Waals surface area (Å²) < 4.78 is 30.5. The molecule has 0 aromatic carbocycles. The van der Waals surface area contributed by atoms with Crippen LogP contribution in [-0.4, -0.2) is 68.8 Å². The Hall–Kier alpha value is -2.94. The van der Waals surface area contributed by atoms with Crippen molar-refractivity contribution in [2.75, 3.05) is 37.8 Å². The van der Waals surface area contributed by atoms with Crippen molar-refractivity contribution in [3.8, 4) is 6.01 Å². The van der Waals surface area contributed by atoms with Crippen molar-refractivity contribution in [3.05, 3.63) is 35.3 Å². The van der Waals surface area contributed by atoms with Gasteiger partial charge in [-0.3, -0.25) is 0 Å². The maximum Gasteiger partial charge on any atom is 0.336 e. The number of hydrogen-bond acceptors (Lipinski definition) is 8. The quantitative estimate of drug-likeness (QED) is 0.553. The number of anilines is 2. The maximum atomic E-state index is 7.75. The molecule has 0 spiro atoms. The Morgan fingerprint density at radius 2 is 2.06 bits per heavy atom. The standard InChI is InChI=1S/C24H36N8O/c1-6-7-17(3)33-24-28-21(25)23-27-15-20(32(23)29-24)13-18-12-16(2)22(26-14-18)31-10-8-19(9-11-31)30(4)5/h12,14-15,17,19H,6-11,13H2,1-5H3,(H2,25,28,29)/i3D3. The number of nitrogens with two attached hydrogens (primary N) is 1. The predicted molar refractivity (Wildman–Crippen MR) is 131 cm³/mol. The third-order valence-corrected chi connectivity index (χ3v) is 6.22. The van der Waals surface area contributed by atoms with E-state index in [0.717, 1.165) is 48.6 Å². The molecule has 4 heterocycles. The highest BCUT2D eigenvalue weighted by atomic mass is 16.5. The third kappa shape index (κ3) is 5.19. The Morgan fingerprint density at radius 3 is 2.73 bits per heavy atom. The lowest BCUT2D eigenvalue weighted by atomic mass is 10.0. The highest BCUT2D eigenvalue weighted by Gasteiger charge is 2.22. The fourth-order valence-corrected chi connectivity index (χ4v) is 4.40. The topological polar surface area (TPSA) is 97.7 Å². The lowest BCUT2D eigenvalue weighted by molar-refractivity contribution is 0.189. The molecule has 0 amide bonds. The predicted octanol–water partition coefficient (Wildman–Crippen LogP) is 3.10. The molecule has 33 heavy (non-hydrogen) atoms. The van der Waals surface area contributed by atoms with Gasteiger partial charge in [-0.05, 0) is 58.3 Å². The van der Waals surface area contributed by atoms with Gasteiger partial charge >= 0.3 is 6.01 Å². The van der Waals surface area contributed by atoms with Crippen molar-refractivity contribution in [2.24, 2.45) is 0 Å². The smallest absolute Gasteiger partial charge is 0.336 e. The molecule has 0 bridgehead atoms. The van der Waals surface area contributed by atoms with Crippen LogP contribution in [0.5, 0.6) is 6.01 Å². The van der Waals surface area contributed by atoms with Crippen LogP contribution < -0.4 is 15.4 Å². The van der Waals surface area contributed by atoms with Gasteiger partial charge in [0.2, 0.25) is 0 Å². The molecule has 9 heteroatoms. The second kappa shape index (κ2) is 9.91. The van der Waals surface area contributed by atoms with Crippen molar-refractivity contribution in [2.45, 2.75) is 64.9 Å². The van der Waals surface area contributed by atoms with Crippen LogP contribution in [0.2, 0.25) is 0 Å². The molecule has 9 nitrogen and oxygen atoms in total. The number of ether oxygens (including phenoxy) is 1. The summed E-state index contributed by atoms with van der Waals surface area (Å²) in [6.07, 6.45) is 6.40. The molecule has 178 valence electrons. The lowest BCUT2D eigenvalue weighted by Gasteiger charge is -2.36. The minimum Gasteiger partial charge on any atom is -0.459 e. The van der Waals surface area contributed by atoms with E-state index in [9.17, 15) is 0 Å². The van der Waals surface area contributed by atoms with Crippen LogP contribution in [-0.2, 0) is 6.42 Å². The maximum absolute atomic E-state index is 7.75. The highest BCUT2D eigenvalue weighted by Crippen LogP contribution is 2.25. The van der Waals surface area contributed by atoms with Crippen LogP contribution in [0.4, 0.5) is 11.6 Å². The molecule has 0 radical (unpaired) electrons. The Kier molecular flexibility index (Phi) is 5.86. The Bertz CT molecular complexity index is 1190. The van der Waals surface area contributed by atoms with Gasteiger partial charge in [0, 0.05) is 35.9 Å². The van der Waals surface area contributed by atoms with Crippen molar-refractivity contribution < 1.29 is 8.85 Å². The molecule has 1 unspecified atom stereocenters. The fraction of sp³-hybridized carbons (Fsp3) is 0.583. The SMILES string of the molecule is [2H]C([2H])([2H])C(CCC)Oc1nc(N)c2ncc(Cc3cnc(N4CCC(N(C)C)CC4)c(C)c3)n2n1. The van der Waals surface area contributed by atoms with Gasteiger partial charge in [0.25, 0.3) is 0 Å². The number of aryl methyl sites for hydroxylation is 1. The number of aromatic nitrogens is 5. The zero-order chi connectivity index (χ0) is 26.0. The summed E-state index contributed by atoms with van der Waals surface area (Å²) in [5.74, 6) is 1.17. The van der Waals surface area contributed by atoms with E-state index in [4.69, 9.17) is 19.6 Å². The summed E-state index contributed by atoms with van der Waals surface area (Å²) >= 11 is 0. The second-order valence-electron chi connectivity index (χ2n) is 9.00. The van der Waals surface area contributed by atoms with E-state index >= 15 is 0 Å². The van der Waals surface area contributed by atoms with Crippen LogP contribution >= 0.6 is 0 Å². The number of rotatable bonds is 8. The highest BCUT2D eigenvalue weighted by molar-refractivity contribution is 5.60. The van der Waals surface area contributed by atoms with E-state index in [2.05, 4.69) is 52.0 Å². The molecule has 3 aromatic rings. The van der Waals surface area contributed by atoms with Gasteiger partial charge in [-0.25, -0.2) is 14.5 Å². The fourth-order valence-electron chi connectivity index (χ4n) is 4.40. The summed E-state index contributed by atoms with van der Waals surface area (Å²) in [5, 5.41) is 4.42. The average Bonchev–Trinajstić information content (AvgIpc) is 3.21.